The van der Waals surface area contributed by atoms with E-state index in [0.717, 1.165) is 0 Å². The first-order chi connectivity index (χ1) is 8.31. The topological polar surface area (TPSA) is 29.3 Å². The van der Waals surface area contributed by atoms with Crippen LogP contribution < -0.4 is 5.73 Å². The van der Waals surface area contributed by atoms with Crippen LogP contribution in [0, 0.1) is 5.82 Å². The van der Waals surface area contributed by atoms with Crippen LogP contribution in [0.25, 0.3) is 0 Å². The molecule has 18 heavy (non-hydrogen) atoms. The Morgan fingerprint density at radius 1 is 1.33 bits per heavy atom. The molecule has 6 heteroatoms. The summed E-state index contributed by atoms with van der Waals surface area (Å²) in [5, 5.41) is 0. The van der Waals surface area contributed by atoms with Crippen LogP contribution in [0.2, 0.25) is 0 Å². The minimum Gasteiger partial charge on any atom is -0.323 e. The van der Waals surface area contributed by atoms with Gasteiger partial charge in [0.1, 0.15) is 5.82 Å². The zero-order valence-corrected chi connectivity index (χ0v) is 10.0. The first kappa shape index (κ1) is 14.9. The summed E-state index contributed by atoms with van der Waals surface area (Å²) in [5.74, 6) is -0.443. The van der Waals surface area contributed by atoms with E-state index in [-0.39, 0.29) is 13.1 Å². The molecular formula is C12H16F4N2. The molecular weight excluding hydrogens is 248 g/mol. The highest BCUT2D eigenvalue weighted by Gasteiger charge is 2.30. The van der Waals surface area contributed by atoms with Gasteiger partial charge in [-0.25, -0.2) is 4.39 Å². The number of hydrogen-bond acceptors (Lipinski definition) is 2. The van der Waals surface area contributed by atoms with Crippen LogP contribution in [0.5, 0.6) is 0 Å². The molecule has 0 amide bonds. The standard InChI is InChI=1S/C12H16F4N2/c1-2-18(8-12(14,15)16)7-11(17)9-4-3-5-10(13)6-9/h3-6,11H,2,7-8,17H2,1H3. The molecule has 1 rings (SSSR count). The number of halogens is 4. The third kappa shape index (κ3) is 5.01. The van der Waals surface area contributed by atoms with Crippen molar-refractivity contribution in [3.05, 3.63) is 35.6 Å². The van der Waals surface area contributed by atoms with Crippen molar-refractivity contribution in [1.82, 2.24) is 4.90 Å². The van der Waals surface area contributed by atoms with Crippen molar-refractivity contribution in [2.75, 3.05) is 19.6 Å². The minimum absolute atomic E-state index is 0.0411. The summed E-state index contributed by atoms with van der Waals surface area (Å²) in [6.07, 6.45) is -4.25. The van der Waals surface area contributed by atoms with Gasteiger partial charge in [-0.2, -0.15) is 13.2 Å². The van der Waals surface area contributed by atoms with Gasteiger partial charge in [-0.3, -0.25) is 4.90 Å². The van der Waals surface area contributed by atoms with Crippen molar-refractivity contribution in [2.24, 2.45) is 5.73 Å². The Bertz CT molecular complexity index is 379. The SMILES string of the molecule is CCN(CC(N)c1cccc(F)c1)CC(F)(F)F. The van der Waals surface area contributed by atoms with Gasteiger partial charge in [0.15, 0.2) is 0 Å². The number of hydrogen-bond donors (Lipinski definition) is 1. The lowest BCUT2D eigenvalue weighted by Crippen LogP contribution is -2.38. The number of alkyl halides is 3. The number of nitrogens with zero attached hydrogens (tertiary/aromatic N) is 1. The highest BCUT2D eigenvalue weighted by molar-refractivity contribution is 5.20. The van der Waals surface area contributed by atoms with Gasteiger partial charge in [0, 0.05) is 12.6 Å². The van der Waals surface area contributed by atoms with Crippen LogP contribution in [0.3, 0.4) is 0 Å². The average Bonchev–Trinajstić information content (AvgIpc) is 2.26. The summed E-state index contributed by atoms with van der Waals surface area (Å²) in [7, 11) is 0. The highest BCUT2D eigenvalue weighted by atomic mass is 19.4. The second-order valence-corrected chi connectivity index (χ2v) is 4.10. The van der Waals surface area contributed by atoms with E-state index in [9.17, 15) is 17.6 Å². The molecule has 0 aliphatic rings. The van der Waals surface area contributed by atoms with Crippen LogP contribution in [-0.4, -0.2) is 30.7 Å². The van der Waals surface area contributed by atoms with Crippen LogP contribution in [-0.2, 0) is 0 Å². The van der Waals surface area contributed by atoms with E-state index in [1.807, 2.05) is 0 Å². The van der Waals surface area contributed by atoms with E-state index >= 15 is 0 Å². The number of likely N-dealkylation sites (N-methyl/N-ethyl adjacent to an activating group) is 1. The number of benzene rings is 1. The third-order valence-corrected chi connectivity index (χ3v) is 2.58. The van der Waals surface area contributed by atoms with Gasteiger partial charge in [-0.1, -0.05) is 19.1 Å². The van der Waals surface area contributed by atoms with Crippen molar-refractivity contribution in [3.63, 3.8) is 0 Å². The molecule has 1 unspecified atom stereocenters. The molecule has 0 saturated heterocycles. The van der Waals surface area contributed by atoms with Gasteiger partial charge >= 0.3 is 6.18 Å². The summed E-state index contributed by atoms with van der Waals surface area (Å²) in [6, 6.07) is 4.97. The largest absolute Gasteiger partial charge is 0.401 e. The lowest BCUT2D eigenvalue weighted by molar-refractivity contribution is -0.145. The number of nitrogens with two attached hydrogens (primary N) is 1. The molecule has 0 spiro atoms. The fourth-order valence-electron chi connectivity index (χ4n) is 1.68. The molecule has 0 aliphatic heterocycles. The van der Waals surface area contributed by atoms with Crippen LogP contribution >= 0.6 is 0 Å². The summed E-state index contributed by atoms with van der Waals surface area (Å²) in [4.78, 5) is 1.19. The third-order valence-electron chi connectivity index (χ3n) is 2.58. The second-order valence-electron chi connectivity index (χ2n) is 4.10. The van der Waals surface area contributed by atoms with E-state index in [4.69, 9.17) is 5.73 Å². The molecule has 102 valence electrons. The molecule has 0 aliphatic carbocycles. The van der Waals surface area contributed by atoms with E-state index in [2.05, 4.69) is 0 Å². The molecule has 1 aromatic carbocycles. The van der Waals surface area contributed by atoms with Crippen molar-refractivity contribution < 1.29 is 17.6 Å². The maximum atomic E-state index is 13.0. The Hall–Kier alpha value is -1.14. The number of rotatable bonds is 5. The van der Waals surface area contributed by atoms with Crippen molar-refractivity contribution in [2.45, 2.75) is 19.1 Å². The zero-order chi connectivity index (χ0) is 13.8. The first-order valence-electron chi connectivity index (χ1n) is 5.62. The Labute approximate surface area is 103 Å². The molecule has 0 heterocycles. The van der Waals surface area contributed by atoms with Crippen molar-refractivity contribution in [3.8, 4) is 0 Å². The molecule has 1 atom stereocenters. The van der Waals surface area contributed by atoms with E-state index in [0.29, 0.717) is 5.56 Å². The fraction of sp³-hybridized carbons (Fsp3) is 0.500. The second kappa shape index (κ2) is 6.15. The molecule has 0 aromatic heterocycles. The van der Waals surface area contributed by atoms with Crippen LogP contribution in [0.4, 0.5) is 17.6 Å². The molecule has 1 aromatic rings. The predicted octanol–water partition coefficient (Wildman–Crippen LogP) is 2.71. The van der Waals surface area contributed by atoms with Crippen LogP contribution in [0.15, 0.2) is 24.3 Å². The van der Waals surface area contributed by atoms with Gasteiger partial charge in [0.2, 0.25) is 0 Å². The Morgan fingerprint density at radius 3 is 2.50 bits per heavy atom. The van der Waals surface area contributed by atoms with E-state index in [1.54, 1.807) is 13.0 Å². The normalized spacial score (nSPS) is 13.9. The quantitative estimate of drug-likeness (QED) is 0.828. The average molecular weight is 264 g/mol. The maximum absolute atomic E-state index is 13.0. The summed E-state index contributed by atoms with van der Waals surface area (Å²) < 4.78 is 49.8. The highest BCUT2D eigenvalue weighted by Crippen LogP contribution is 2.19. The van der Waals surface area contributed by atoms with Gasteiger partial charge in [0.05, 0.1) is 6.54 Å². The Morgan fingerprint density at radius 2 is 2.00 bits per heavy atom. The molecule has 0 bridgehead atoms. The van der Waals surface area contributed by atoms with Gasteiger partial charge in [-0.15, -0.1) is 0 Å². The molecule has 0 saturated carbocycles. The minimum atomic E-state index is -4.25. The lowest BCUT2D eigenvalue weighted by Gasteiger charge is -2.25. The smallest absolute Gasteiger partial charge is 0.323 e. The maximum Gasteiger partial charge on any atom is 0.401 e. The molecule has 0 fully saturated rings. The predicted molar refractivity (Wildman–Crippen MR) is 61.5 cm³/mol. The van der Waals surface area contributed by atoms with Crippen LogP contribution in [0.1, 0.15) is 18.5 Å². The summed E-state index contributed by atoms with van der Waals surface area (Å²) in [5.41, 5.74) is 6.28. The molecule has 2 N–H and O–H groups in total. The Kier molecular flexibility index (Phi) is 5.10. The summed E-state index contributed by atoms with van der Waals surface area (Å²) >= 11 is 0. The monoisotopic (exact) mass is 264 g/mol. The van der Waals surface area contributed by atoms with Gasteiger partial charge in [0.25, 0.3) is 0 Å². The van der Waals surface area contributed by atoms with Crippen molar-refractivity contribution in [1.29, 1.82) is 0 Å². The van der Waals surface area contributed by atoms with Gasteiger partial charge < -0.3 is 5.73 Å². The van der Waals surface area contributed by atoms with Gasteiger partial charge in [-0.05, 0) is 24.2 Å². The zero-order valence-electron chi connectivity index (χ0n) is 10.0. The Balaban J connectivity index is 2.65. The molecule has 0 radical (unpaired) electrons. The van der Waals surface area contributed by atoms with E-state index in [1.165, 1.54) is 23.1 Å². The summed E-state index contributed by atoms with van der Waals surface area (Å²) in [6.45, 7) is 0.901. The molecule has 2 nitrogen and oxygen atoms in total. The van der Waals surface area contributed by atoms with Crippen molar-refractivity contribution >= 4 is 0 Å². The fourth-order valence-corrected chi connectivity index (χ4v) is 1.68. The first-order valence-corrected chi connectivity index (χ1v) is 5.62. The lowest BCUT2D eigenvalue weighted by atomic mass is 10.1. The van der Waals surface area contributed by atoms with E-state index < -0.39 is 24.6 Å².